The van der Waals surface area contributed by atoms with Crippen LogP contribution in [0.25, 0.3) is 0 Å². The minimum Gasteiger partial charge on any atom is -0.484 e. The Kier molecular flexibility index (Phi) is 6.37. The number of benzene rings is 2. The first-order chi connectivity index (χ1) is 16.3. The van der Waals surface area contributed by atoms with Gasteiger partial charge in [0.15, 0.2) is 6.61 Å². The SMILES string of the molecule is Cc1ccc2c(c1)[C@H]1C[NH+](C)CC[C@@H]1N2C(=O)COc1ccc(S(=O)(=O)N2CCOCC2)cc1. The molecule has 3 aliphatic heterocycles. The minimum atomic E-state index is -3.56. The van der Waals surface area contributed by atoms with Crippen LogP contribution in [0.4, 0.5) is 5.69 Å². The molecule has 1 N–H and O–H groups in total. The maximum absolute atomic E-state index is 13.3. The maximum Gasteiger partial charge on any atom is 0.265 e. The van der Waals surface area contributed by atoms with E-state index in [9.17, 15) is 13.2 Å². The van der Waals surface area contributed by atoms with Crippen LogP contribution in [-0.2, 0) is 19.6 Å². The Hall–Kier alpha value is -2.46. The van der Waals surface area contributed by atoms with Crippen molar-refractivity contribution in [2.45, 2.75) is 30.2 Å². The summed E-state index contributed by atoms with van der Waals surface area (Å²) in [5.74, 6) is 0.751. The molecule has 9 heteroatoms. The molecule has 3 heterocycles. The molecule has 0 bridgehead atoms. The number of sulfonamides is 1. The van der Waals surface area contributed by atoms with E-state index in [4.69, 9.17) is 9.47 Å². The number of carbonyl (C=O) groups excluding carboxylic acids is 1. The van der Waals surface area contributed by atoms with Gasteiger partial charge in [-0.15, -0.1) is 0 Å². The predicted octanol–water partition coefficient (Wildman–Crippen LogP) is 0.812. The van der Waals surface area contributed by atoms with Gasteiger partial charge in [0.25, 0.3) is 5.91 Å². The Labute approximate surface area is 201 Å². The number of fused-ring (bicyclic) bond motifs is 3. The summed E-state index contributed by atoms with van der Waals surface area (Å²) < 4.78 is 38.1. The van der Waals surface area contributed by atoms with Gasteiger partial charge >= 0.3 is 0 Å². The molecule has 34 heavy (non-hydrogen) atoms. The molecular weight excluding hydrogens is 454 g/mol. The number of nitrogens with zero attached hydrogens (tertiary/aromatic N) is 2. The van der Waals surface area contributed by atoms with Gasteiger partial charge in [0.2, 0.25) is 10.0 Å². The number of carbonyl (C=O) groups is 1. The second-order valence-electron chi connectivity index (χ2n) is 9.48. The van der Waals surface area contributed by atoms with E-state index in [1.807, 2.05) is 4.90 Å². The molecule has 8 nitrogen and oxygen atoms in total. The van der Waals surface area contributed by atoms with Crippen LogP contribution in [0.5, 0.6) is 5.75 Å². The van der Waals surface area contributed by atoms with Crippen molar-refractivity contribution in [3.05, 3.63) is 53.6 Å². The zero-order valence-electron chi connectivity index (χ0n) is 19.7. The molecule has 2 fully saturated rings. The number of nitrogens with one attached hydrogen (secondary N) is 1. The van der Waals surface area contributed by atoms with E-state index in [1.54, 1.807) is 12.1 Å². The molecule has 2 aromatic rings. The maximum atomic E-state index is 13.3. The van der Waals surface area contributed by atoms with Crippen molar-refractivity contribution < 1.29 is 27.6 Å². The average Bonchev–Trinajstić information content (AvgIpc) is 3.16. The van der Waals surface area contributed by atoms with Crippen LogP contribution < -0.4 is 14.5 Å². The summed E-state index contributed by atoms with van der Waals surface area (Å²) in [4.78, 5) is 17.0. The molecule has 2 aromatic carbocycles. The highest BCUT2D eigenvalue weighted by atomic mass is 32.2. The molecule has 1 unspecified atom stereocenters. The van der Waals surface area contributed by atoms with E-state index >= 15 is 0 Å². The van der Waals surface area contributed by atoms with Crippen molar-refractivity contribution in [1.29, 1.82) is 0 Å². The topological polar surface area (TPSA) is 80.6 Å². The first-order valence-corrected chi connectivity index (χ1v) is 13.3. The number of anilines is 1. The fraction of sp³-hybridized carbons (Fsp3) is 0.480. The van der Waals surface area contributed by atoms with Gasteiger partial charge in [-0.25, -0.2) is 8.42 Å². The number of aryl methyl sites for hydroxylation is 1. The summed E-state index contributed by atoms with van der Waals surface area (Å²) in [5, 5.41) is 0. The summed E-state index contributed by atoms with van der Waals surface area (Å²) >= 11 is 0. The summed E-state index contributed by atoms with van der Waals surface area (Å²) in [7, 11) is -1.35. The summed E-state index contributed by atoms with van der Waals surface area (Å²) in [6, 6.07) is 12.8. The Morgan fingerprint density at radius 3 is 2.62 bits per heavy atom. The number of ether oxygens (including phenoxy) is 2. The molecule has 0 aromatic heterocycles. The minimum absolute atomic E-state index is 0.0674. The standard InChI is InChI=1S/C25H31N3O5S/c1-18-3-8-23-21(15-18)22-16-26(2)10-9-24(22)28(23)25(29)17-33-19-4-6-20(7-5-19)34(30,31)27-11-13-32-14-12-27/h3-8,15,22,24H,9-14,16-17H2,1-2H3/p+1/t22-,24+/m1/s1. The Morgan fingerprint density at radius 1 is 1.15 bits per heavy atom. The highest BCUT2D eigenvalue weighted by Crippen LogP contribution is 2.43. The molecule has 182 valence electrons. The van der Waals surface area contributed by atoms with E-state index in [-0.39, 0.29) is 23.5 Å². The molecule has 0 saturated carbocycles. The highest BCUT2D eigenvalue weighted by molar-refractivity contribution is 7.89. The zero-order valence-corrected chi connectivity index (χ0v) is 20.5. The summed E-state index contributed by atoms with van der Waals surface area (Å²) in [6.45, 7) is 5.57. The molecule has 3 atom stereocenters. The average molecular weight is 487 g/mol. The van der Waals surface area contributed by atoms with Gasteiger partial charge in [-0.1, -0.05) is 17.7 Å². The number of piperidine rings is 1. The van der Waals surface area contributed by atoms with Crippen molar-refractivity contribution in [3.8, 4) is 5.75 Å². The van der Waals surface area contributed by atoms with Crippen LogP contribution >= 0.6 is 0 Å². The quantitative estimate of drug-likeness (QED) is 0.677. The lowest BCUT2D eigenvalue weighted by Crippen LogP contribution is -3.11. The molecular formula is C25H32N3O5S+. The first kappa shape index (κ1) is 23.3. The number of amides is 1. The van der Waals surface area contributed by atoms with Gasteiger partial charge in [-0.05, 0) is 42.8 Å². The smallest absolute Gasteiger partial charge is 0.265 e. The largest absolute Gasteiger partial charge is 0.484 e. The van der Waals surface area contributed by atoms with Gasteiger partial charge in [0.1, 0.15) is 5.75 Å². The molecule has 0 radical (unpaired) electrons. The lowest BCUT2D eigenvalue weighted by Gasteiger charge is -2.34. The van der Waals surface area contributed by atoms with E-state index < -0.39 is 10.0 Å². The van der Waals surface area contributed by atoms with Crippen LogP contribution in [-0.4, -0.2) is 77.7 Å². The number of likely N-dealkylation sites (tertiary alicyclic amines) is 1. The monoisotopic (exact) mass is 486 g/mol. The fourth-order valence-electron chi connectivity index (χ4n) is 5.38. The number of rotatable bonds is 5. The second-order valence-corrected chi connectivity index (χ2v) is 11.4. The molecule has 0 spiro atoms. The van der Waals surface area contributed by atoms with Gasteiger partial charge in [-0.2, -0.15) is 4.31 Å². The van der Waals surface area contributed by atoms with E-state index in [1.165, 1.54) is 32.5 Å². The third-order valence-corrected chi connectivity index (χ3v) is 9.05. The molecule has 5 rings (SSSR count). The number of quaternary nitrogens is 1. The Morgan fingerprint density at radius 2 is 1.88 bits per heavy atom. The molecule has 0 aliphatic carbocycles. The van der Waals surface area contributed by atoms with E-state index in [0.717, 1.165) is 25.2 Å². The predicted molar refractivity (Wildman–Crippen MR) is 128 cm³/mol. The third-order valence-electron chi connectivity index (χ3n) is 7.14. The second kappa shape index (κ2) is 9.30. The highest BCUT2D eigenvalue weighted by Gasteiger charge is 2.45. The number of morpholine rings is 1. The Bertz CT molecular complexity index is 1160. The van der Waals surface area contributed by atoms with Crippen LogP contribution in [0, 0.1) is 6.92 Å². The van der Waals surface area contributed by atoms with Crippen molar-refractivity contribution in [2.24, 2.45) is 0 Å². The van der Waals surface area contributed by atoms with Crippen molar-refractivity contribution >= 4 is 21.6 Å². The van der Waals surface area contributed by atoms with Gasteiger partial charge in [0.05, 0.1) is 50.2 Å². The number of hydrogen-bond acceptors (Lipinski definition) is 5. The van der Waals surface area contributed by atoms with Gasteiger partial charge in [-0.3, -0.25) is 4.79 Å². The molecule has 3 aliphatic rings. The summed E-state index contributed by atoms with van der Waals surface area (Å²) in [5.41, 5.74) is 3.46. The molecule has 1 amide bonds. The van der Waals surface area contributed by atoms with Crippen LogP contribution in [0.1, 0.15) is 23.5 Å². The van der Waals surface area contributed by atoms with Crippen LogP contribution in [0.2, 0.25) is 0 Å². The van der Waals surface area contributed by atoms with Crippen LogP contribution in [0.3, 0.4) is 0 Å². The first-order valence-electron chi connectivity index (χ1n) is 11.9. The lowest BCUT2D eigenvalue weighted by atomic mass is 9.89. The van der Waals surface area contributed by atoms with Gasteiger partial charge < -0.3 is 19.3 Å². The summed E-state index contributed by atoms with van der Waals surface area (Å²) in [6.07, 6.45) is 0.962. The number of hydrogen-bond donors (Lipinski definition) is 1. The van der Waals surface area contributed by atoms with E-state index in [0.29, 0.717) is 38.0 Å². The van der Waals surface area contributed by atoms with Crippen LogP contribution in [0.15, 0.2) is 47.4 Å². The zero-order chi connectivity index (χ0) is 23.9. The third kappa shape index (κ3) is 4.33. The lowest BCUT2D eigenvalue weighted by molar-refractivity contribution is -0.886. The van der Waals surface area contributed by atoms with Gasteiger partial charge in [0, 0.05) is 25.2 Å². The van der Waals surface area contributed by atoms with E-state index in [2.05, 4.69) is 32.2 Å². The fourth-order valence-corrected chi connectivity index (χ4v) is 6.79. The van der Waals surface area contributed by atoms with Crippen molar-refractivity contribution in [1.82, 2.24) is 4.31 Å². The number of likely N-dealkylation sites (N-methyl/N-ethyl adjacent to an activating group) is 1. The molecule has 2 saturated heterocycles. The van der Waals surface area contributed by atoms with Crippen molar-refractivity contribution in [2.75, 3.05) is 57.9 Å². The Balaban J connectivity index is 1.28. The normalized spacial score (nSPS) is 25.0. The van der Waals surface area contributed by atoms with Crippen molar-refractivity contribution in [3.63, 3.8) is 0 Å².